The number of hydrogen-bond acceptors (Lipinski definition) is 3. The molecule has 1 heterocycles. The zero-order valence-corrected chi connectivity index (χ0v) is 14.6. The topological polar surface area (TPSA) is 84.2 Å². The number of aromatic nitrogens is 2. The number of benzene rings is 1. The summed E-state index contributed by atoms with van der Waals surface area (Å²) in [4.78, 5) is 27.4. The van der Waals surface area contributed by atoms with E-state index < -0.39 is 11.5 Å². The lowest BCUT2D eigenvalue weighted by molar-refractivity contribution is -0.123. The van der Waals surface area contributed by atoms with Gasteiger partial charge in [0.05, 0.1) is 17.6 Å². The number of amides is 1. The zero-order chi connectivity index (χ0) is 17.9. The van der Waals surface area contributed by atoms with Crippen molar-refractivity contribution in [3.63, 3.8) is 0 Å². The van der Waals surface area contributed by atoms with E-state index in [2.05, 4.69) is 10.3 Å². The molecule has 0 atom stereocenters. The Morgan fingerprint density at radius 1 is 1.29 bits per heavy atom. The molecule has 0 spiro atoms. The molecule has 1 aromatic carbocycles. The third-order valence-electron chi connectivity index (χ3n) is 3.82. The highest BCUT2D eigenvalue weighted by Gasteiger charge is 2.23. The Bertz CT molecular complexity index is 751. The Morgan fingerprint density at radius 3 is 2.50 bits per heavy atom. The van der Waals surface area contributed by atoms with Gasteiger partial charge >= 0.3 is 5.97 Å². The van der Waals surface area contributed by atoms with E-state index >= 15 is 0 Å². The molecule has 6 nitrogen and oxygen atoms in total. The van der Waals surface area contributed by atoms with Crippen molar-refractivity contribution in [2.24, 2.45) is 0 Å². The minimum atomic E-state index is -1.05. The molecular weight excluding hydrogens is 330 g/mol. The average Bonchev–Trinajstić information content (AvgIpc) is 2.86. The lowest BCUT2D eigenvalue weighted by atomic mass is 9.94. The number of carbonyl (C=O) groups excluding carboxylic acids is 1. The van der Waals surface area contributed by atoms with Crippen LogP contribution in [0.25, 0.3) is 0 Å². The van der Waals surface area contributed by atoms with E-state index in [0.717, 1.165) is 5.56 Å². The quantitative estimate of drug-likeness (QED) is 0.839. The van der Waals surface area contributed by atoms with Crippen LogP contribution in [0.1, 0.15) is 42.0 Å². The number of carboxylic acids is 1. The maximum absolute atomic E-state index is 12.2. The fourth-order valence-electron chi connectivity index (χ4n) is 2.50. The molecule has 0 aliphatic carbocycles. The van der Waals surface area contributed by atoms with Crippen molar-refractivity contribution in [3.8, 4) is 0 Å². The second-order valence-electron chi connectivity index (χ2n) is 6.11. The van der Waals surface area contributed by atoms with Crippen molar-refractivity contribution < 1.29 is 14.7 Å². The van der Waals surface area contributed by atoms with Gasteiger partial charge in [-0.05, 0) is 38.5 Å². The number of carboxylic acid groups (broad SMARTS) is 1. The van der Waals surface area contributed by atoms with Crippen LogP contribution >= 0.6 is 11.6 Å². The molecule has 0 saturated heterocycles. The molecule has 2 aromatic rings. The molecule has 24 heavy (non-hydrogen) atoms. The van der Waals surface area contributed by atoms with Crippen LogP contribution in [-0.2, 0) is 16.9 Å². The first-order valence-corrected chi connectivity index (χ1v) is 7.90. The van der Waals surface area contributed by atoms with Gasteiger partial charge in [0.25, 0.3) is 0 Å². The van der Waals surface area contributed by atoms with Gasteiger partial charge in [0.2, 0.25) is 5.91 Å². The second-order valence-corrected chi connectivity index (χ2v) is 6.54. The molecule has 2 N–H and O–H groups in total. The van der Waals surface area contributed by atoms with Crippen LogP contribution in [0.5, 0.6) is 0 Å². The molecule has 0 fully saturated rings. The van der Waals surface area contributed by atoms with Crippen molar-refractivity contribution in [1.29, 1.82) is 0 Å². The number of halogens is 1. The third kappa shape index (κ3) is 4.14. The predicted molar refractivity (Wildman–Crippen MR) is 91.2 cm³/mol. The third-order valence-corrected chi connectivity index (χ3v) is 4.07. The lowest BCUT2D eigenvalue weighted by Crippen LogP contribution is -2.41. The zero-order valence-electron chi connectivity index (χ0n) is 13.8. The first-order valence-electron chi connectivity index (χ1n) is 7.53. The molecule has 1 aromatic heterocycles. The van der Waals surface area contributed by atoms with Crippen LogP contribution in [0.4, 0.5) is 0 Å². The van der Waals surface area contributed by atoms with Crippen LogP contribution in [-0.4, -0.2) is 26.5 Å². The van der Waals surface area contributed by atoms with Gasteiger partial charge < -0.3 is 15.0 Å². The van der Waals surface area contributed by atoms with E-state index in [4.69, 9.17) is 11.6 Å². The maximum Gasteiger partial charge on any atom is 0.354 e. The summed E-state index contributed by atoms with van der Waals surface area (Å²) < 4.78 is 1.48. The molecule has 0 bridgehead atoms. The van der Waals surface area contributed by atoms with Crippen molar-refractivity contribution >= 4 is 23.5 Å². The number of aromatic carboxylic acids is 1. The van der Waals surface area contributed by atoms with E-state index in [1.54, 1.807) is 19.1 Å². The number of aryl methyl sites for hydroxylation is 2. The predicted octanol–water partition coefficient (Wildman–Crippen LogP) is 2.98. The fraction of sp³-hybridized carbons (Fsp3) is 0.353. The van der Waals surface area contributed by atoms with Crippen LogP contribution in [0.15, 0.2) is 30.6 Å². The maximum atomic E-state index is 12.2. The monoisotopic (exact) mass is 349 g/mol. The normalized spacial score (nSPS) is 11.3. The summed E-state index contributed by atoms with van der Waals surface area (Å²) in [6.07, 6.45) is 1.60. The molecule has 0 unspecified atom stereocenters. The molecule has 0 radical (unpaired) electrons. The highest BCUT2D eigenvalue weighted by molar-refractivity contribution is 6.30. The van der Waals surface area contributed by atoms with Crippen LogP contribution in [0.2, 0.25) is 5.02 Å². The van der Waals surface area contributed by atoms with E-state index in [-0.39, 0.29) is 24.6 Å². The summed E-state index contributed by atoms with van der Waals surface area (Å²) in [5.74, 6) is -1.22. The van der Waals surface area contributed by atoms with Crippen molar-refractivity contribution in [3.05, 3.63) is 52.6 Å². The Morgan fingerprint density at radius 2 is 1.92 bits per heavy atom. The van der Waals surface area contributed by atoms with Crippen molar-refractivity contribution in [2.75, 3.05) is 0 Å². The largest absolute Gasteiger partial charge is 0.477 e. The van der Waals surface area contributed by atoms with E-state index in [9.17, 15) is 14.7 Å². The molecule has 0 aliphatic heterocycles. The average molecular weight is 350 g/mol. The summed E-state index contributed by atoms with van der Waals surface area (Å²) in [7, 11) is 0. The Labute approximate surface area is 145 Å². The van der Waals surface area contributed by atoms with Crippen LogP contribution < -0.4 is 5.32 Å². The molecule has 1 amide bonds. The summed E-state index contributed by atoms with van der Waals surface area (Å²) in [5, 5.41) is 12.8. The first kappa shape index (κ1) is 18.0. The summed E-state index contributed by atoms with van der Waals surface area (Å²) in [6, 6.07) is 7.28. The minimum Gasteiger partial charge on any atom is -0.477 e. The standard InChI is InChI=1S/C17H20ClN3O3/c1-11-15(16(23)24)21(10-19-11)9-8-14(22)20-17(2,3)12-4-6-13(18)7-5-12/h4-7,10H,8-9H2,1-3H3,(H,20,22)(H,23,24). The van der Waals surface area contributed by atoms with Gasteiger partial charge in [0, 0.05) is 18.0 Å². The highest BCUT2D eigenvalue weighted by Crippen LogP contribution is 2.22. The molecule has 7 heteroatoms. The summed E-state index contributed by atoms with van der Waals surface area (Å²) in [5.41, 5.74) is 0.927. The van der Waals surface area contributed by atoms with Gasteiger partial charge in [0.1, 0.15) is 5.69 Å². The van der Waals surface area contributed by atoms with E-state index in [1.807, 2.05) is 26.0 Å². The number of rotatable bonds is 6. The van der Waals surface area contributed by atoms with Gasteiger partial charge in [-0.1, -0.05) is 23.7 Å². The Hall–Kier alpha value is -2.34. The summed E-state index contributed by atoms with van der Waals surface area (Å²) >= 11 is 5.88. The number of carbonyl (C=O) groups is 2. The lowest BCUT2D eigenvalue weighted by Gasteiger charge is -2.27. The second kappa shape index (κ2) is 7.05. The summed E-state index contributed by atoms with van der Waals surface area (Å²) in [6.45, 7) is 5.69. The van der Waals surface area contributed by atoms with Crippen molar-refractivity contribution in [2.45, 2.75) is 39.3 Å². The number of imidazole rings is 1. The van der Waals surface area contributed by atoms with Gasteiger partial charge in [-0.2, -0.15) is 0 Å². The van der Waals surface area contributed by atoms with E-state index in [1.165, 1.54) is 10.9 Å². The minimum absolute atomic E-state index is 0.111. The number of nitrogens with one attached hydrogen (secondary N) is 1. The fourth-order valence-corrected chi connectivity index (χ4v) is 2.63. The molecule has 128 valence electrons. The Balaban J connectivity index is 2.00. The smallest absolute Gasteiger partial charge is 0.354 e. The first-order chi connectivity index (χ1) is 11.2. The van der Waals surface area contributed by atoms with Gasteiger partial charge in [-0.15, -0.1) is 0 Å². The molecular formula is C17H20ClN3O3. The highest BCUT2D eigenvalue weighted by atomic mass is 35.5. The number of nitrogens with zero attached hydrogens (tertiary/aromatic N) is 2. The molecule has 0 aliphatic rings. The van der Waals surface area contributed by atoms with Crippen molar-refractivity contribution in [1.82, 2.24) is 14.9 Å². The molecule has 2 rings (SSSR count). The SMILES string of the molecule is Cc1ncn(CCC(=O)NC(C)(C)c2ccc(Cl)cc2)c1C(=O)O. The van der Waals surface area contributed by atoms with Crippen LogP contribution in [0, 0.1) is 6.92 Å². The number of hydrogen-bond donors (Lipinski definition) is 2. The molecule has 0 saturated carbocycles. The van der Waals surface area contributed by atoms with E-state index in [0.29, 0.717) is 10.7 Å². The van der Waals surface area contributed by atoms with Gasteiger partial charge in [0.15, 0.2) is 0 Å². The van der Waals surface area contributed by atoms with Gasteiger partial charge in [-0.25, -0.2) is 9.78 Å². The Kier molecular flexibility index (Phi) is 5.29. The van der Waals surface area contributed by atoms with Crippen LogP contribution in [0.3, 0.4) is 0 Å². The van der Waals surface area contributed by atoms with Gasteiger partial charge in [-0.3, -0.25) is 4.79 Å².